The second kappa shape index (κ2) is 5.34. The van der Waals surface area contributed by atoms with Gasteiger partial charge in [-0.05, 0) is 0 Å². The molecule has 10 heteroatoms. The van der Waals surface area contributed by atoms with Gasteiger partial charge in [-0.3, -0.25) is 4.79 Å². The van der Waals surface area contributed by atoms with Crippen molar-refractivity contribution in [2.75, 3.05) is 38.2 Å². The van der Waals surface area contributed by atoms with Crippen molar-refractivity contribution in [2.24, 2.45) is 0 Å². The van der Waals surface area contributed by atoms with Crippen molar-refractivity contribution in [3.8, 4) is 0 Å². The predicted octanol–water partition coefficient (Wildman–Crippen LogP) is 0.265. The highest BCUT2D eigenvalue weighted by Gasteiger charge is 2.49. The molecule has 0 aliphatic carbocycles. The van der Waals surface area contributed by atoms with Crippen LogP contribution >= 0.6 is 23.1 Å². The summed E-state index contributed by atoms with van der Waals surface area (Å²) in [5.41, 5.74) is 4.97. The van der Waals surface area contributed by atoms with E-state index in [9.17, 15) is 9.59 Å². The molecule has 1 aromatic heterocycles. The van der Waals surface area contributed by atoms with E-state index in [-0.39, 0.29) is 17.8 Å². The molecule has 8 nitrogen and oxygen atoms in total. The van der Waals surface area contributed by atoms with E-state index in [1.165, 1.54) is 23.1 Å². The van der Waals surface area contributed by atoms with Crippen LogP contribution in [0, 0.1) is 0 Å². The quantitative estimate of drug-likeness (QED) is 0.794. The zero-order valence-electron chi connectivity index (χ0n) is 11.4. The number of hydrogen-bond donors (Lipinski definition) is 1. The van der Waals surface area contributed by atoms with E-state index in [4.69, 9.17) is 10.5 Å². The zero-order valence-corrected chi connectivity index (χ0v) is 13.1. The number of nitrogens with two attached hydrogens (primary N) is 1. The Kier molecular flexibility index (Phi) is 3.66. The number of likely N-dealkylation sites (tertiary alicyclic amines) is 1. The van der Waals surface area contributed by atoms with Crippen LogP contribution in [0.2, 0.25) is 0 Å². The molecule has 2 fully saturated rings. The Labute approximate surface area is 129 Å². The van der Waals surface area contributed by atoms with Gasteiger partial charge in [-0.25, -0.2) is 4.79 Å². The van der Waals surface area contributed by atoms with Crippen LogP contribution in [0.3, 0.4) is 0 Å². The first kappa shape index (κ1) is 14.4. The minimum absolute atomic E-state index is 0.0104. The fourth-order valence-corrected chi connectivity index (χ4v) is 4.09. The van der Waals surface area contributed by atoms with Crippen molar-refractivity contribution in [3.05, 3.63) is 0 Å². The van der Waals surface area contributed by atoms with Gasteiger partial charge in [0.05, 0.1) is 18.8 Å². The van der Waals surface area contributed by atoms with Gasteiger partial charge in [0.2, 0.25) is 11.0 Å². The molecule has 21 heavy (non-hydrogen) atoms. The maximum Gasteiger partial charge on any atom is 0.410 e. The van der Waals surface area contributed by atoms with E-state index in [1.807, 2.05) is 0 Å². The zero-order chi connectivity index (χ0) is 15.0. The molecule has 2 aliphatic heterocycles. The molecule has 2 aliphatic rings. The number of nitrogen functional groups attached to an aromatic ring is 1. The lowest BCUT2D eigenvalue weighted by Gasteiger charge is -2.21. The average molecular weight is 329 g/mol. The standard InChI is InChI=1S/C11H15N5O3S2/c1-15-5-11(19-10(15)18)2-3-16(6-11)7(17)4-20-9-14-13-8(12)21-9/h2-6H2,1H3,(H2,12,13)/t11-/m1/s1. The van der Waals surface area contributed by atoms with E-state index in [1.54, 1.807) is 16.8 Å². The largest absolute Gasteiger partial charge is 0.439 e. The summed E-state index contributed by atoms with van der Waals surface area (Å²) in [6.07, 6.45) is 0.369. The summed E-state index contributed by atoms with van der Waals surface area (Å²) < 4.78 is 6.10. The number of aromatic nitrogens is 2. The monoisotopic (exact) mass is 329 g/mol. The van der Waals surface area contributed by atoms with Gasteiger partial charge in [-0.15, -0.1) is 10.2 Å². The molecule has 1 atom stereocenters. The first-order valence-electron chi connectivity index (χ1n) is 6.41. The van der Waals surface area contributed by atoms with Crippen LogP contribution in [0.4, 0.5) is 9.93 Å². The van der Waals surface area contributed by atoms with Gasteiger partial charge in [-0.1, -0.05) is 23.1 Å². The van der Waals surface area contributed by atoms with Crippen LogP contribution in [0.1, 0.15) is 6.42 Å². The molecule has 0 bridgehead atoms. The van der Waals surface area contributed by atoms with Crippen molar-refractivity contribution >= 4 is 40.2 Å². The molecule has 2 saturated heterocycles. The highest BCUT2D eigenvalue weighted by atomic mass is 32.2. The summed E-state index contributed by atoms with van der Waals surface area (Å²) in [5.74, 6) is 0.297. The van der Waals surface area contributed by atoms with E-state index in [0.29, 0.717) is 35.5 Å². The Bertz CT molecular complexity index is 580. The van der Waals surface area contributed by atoms with E-state index in [2.05, 4.69) is 10.2 Å². The maximum absolute atomic E-state index is 12.2. The lowest BCUT2D eigenvalue weighted by molar-refractivity contribution is -0.128. The third-order valence-electron chi connectivity index (χ3n) is 3.55. The Balaban J connectivity index is 1.54. The summed E-state index contributed by atoms with van der Waals surface area (Å²) in [6, 6.07) is 0. The summed E-state index contributed by atoms with van der Waals surface area (Å²) in [6.45, 7) is 1.61. The molecular formula is C11H15N5O3S2. The molecule has 1 spiro atoms. The minimum atomic E-state index is -0.528. The molecule has 2 amide bonds. The molecule has 0 radical (unpaired) electrons. The fourth-order valence-electron chi connectivity index (χ4n) is 2.56. The summed E-state index contributed by atoms with van der Waals surface area (Å²) >= 11 is 2.59. The molecule has 114 valence electrons. The van der Waals surface area contributed by atoms with E-state index >= 15 is 0 Å². The summed E-state index contributed by atoms with van der Waals surface area (Å²) in [7, 11) is 1.71. The number of carbonyl (C=O) groups is 2. The number of carbonyl (C=O) groups excluding carboxylic acids is 2. The Morgan fingerprint density at radius 3 is 2.95 bits per heavy atom. The average Bonchev–Trinajstić information content (AvgIpc) is 3.09. The second-order valence-corrected chi connectivity index (χ2v) is 7.40. The lowest BCUT2D eigenvalue weighted by Crippen LogP contribution is -2.39. The second-order valence-electron chi connectivity index (χ2n) is 5.17. The van der Waals surface area contributed by atoms with Gasteiger partial charge in [0.25, 0.3) is 0 Å². The van der Waals surface area contributed by atoms with Crippen molar-refractivity contribution in [1.82, 2.24) is 20.0 Å². The van der Waals surface area contributed by atoms with E-state index in [0.717, 1.165) is 0 Å². The van der Waals surface area contributed by atoms with Crippen LogP contribution in [0.5, 0.6) is 0 Å². The maximum atomic E-state index is 12.2. The van der Waals surface area contributed by atoms with Crippen molar-refractivity contribution < 1.29 is 14.3 Å². The van der Waals surface area contributed by atoms with Crippen LogP contribution in [-0.2, 0) is 9.53 Å². The molecule has 0 unspecified atom stereocenters. The van der Waals surface area contributed by atoms with Gasteiger partial charge in [0.1, 0.15) is 0 Å². The molecular weight excluding hydrogens is 314 g/mol. The smallest absolute Gasteiger partial charge is 0.410 e. The van der Waals surface area contributed by atoms with Crippen LogP contribution in [0.15, 0.2) is 4.34 Å². The summed E-state index contributed by atoms with van der Waals surface area (Å²) in [5, 5.41) is 7.96. The number of rotatable bonds is 3. The van der Waals surface area contributed by atoms with Gasteiger partial charge in [0.15, 0.2) is 9.94 Å². The number of thioether (sulfide) groups is 1. The Morgan fingerprint density at radius 1 is 1.52 bits per heavy atom. The van der Waals surface area contributed by atoms with Crippen LogP contribution < -0.4 is 5.73 Å². The third kappa shape index (κ3) is 2.91. The van der Waals surface area contributed by atoms with Crippen LogP contribution in [0.25, 0.3) is 0 Å². The van der Waals surface area contributed by atoms with Gasteiger partial charge >= 0.3 is 6.09 Å². The predicted molar refractivity (Wildman–Crippen MR) is 78.1 cm³/mol. The number of anilines is 1. The highest BCUT2D eigenvalue weighted by Crippen LogP contribution is 2.32. The third-order valence-corrected chi connectivity index (χ3v) is 5.42. The number of amides is 2. The van der Waals surface area contributed by atoms with Crippen molar-refractivity contribution in [2.45, 2.75) is 16.4 Å². The molecule has 1 aromatic rings. The number of ether oxygens (including phenoxy) is 1. The highest BCUT2D eigenvalue weighted by molar-refractivity contribution is 8.01. The normalized spacial score (nSPS) is 24.9. The Morgan fingerprint density at radius 2 is 2.33 bits per heavy atom. The number of nitrogens with zero attached hydrogens (tertiary/aromatic N) is 4. The fraction of sp³-hybridized carbons (Fsp3) is 0.636. The van der Waals surface area contributed by atoms with Gasteiger partial charge in [0, 0.05) is 20.0 Å². The summed E-state index contributed by atoms with van der Waals surface area (Å²) in [4.78, 5) is 27.0. The lowest BCUT2D eigenvalue weighted by atomic mass is 10.0. The molecule has 0 aromatic carbocycles. The Hall–Kier alpha value is -1.55. The van der Waals surface area contributed by atoms with Gasteiger partial charge in [-0.2, -0.15) is 0 Å². The molecule has 3 heterocycles. The molecule has 0 saturated carbocycles. The number of hydrogen-bond acceptors (Lipinski definition) is 8. The first-order chi connectivity index (χ1) is 9.97. The van der Waals surface area contributed by atoms with Crippen molar-refractivity contribution in [1.29, 1.82) is 0 Å². The first-order valence-corrected chi connectivity index (χ1v) is 8.21. The SMILES string of the molecule is CN1C[C@@]2(CCN(C(=O)CSc3nnc(N)s3)C2)OC1=O. The molecule has 2 N–H and O–H groups in total. The van der Waals surface area contributed by atoms with Crippen molar-refractivity contribution in [3.63, 3.8) is 0 Å². The minimum Gasteiger partial charge on any atom is -0.439 e. The van der Waals surface area contributed by atoms with Gasteiger partial charge < -0.3 is 20.3 Å². The number of likely N-dealkylation sites (N-methyl/N-ethyl adjacent to an activating group) is 1. The van der Waals surface area contributed by atoms with Crippen LogP contribution in [-0.4, -0.2) is 70.0 Å². The topological polar surface area (TPSA) is 102 Å². The van der Waals surface area contributed by atoms with E-state index < -0.39 is 5.60 Å². The molecule has 3 rings (SSSR count).